The van der Waals surface area contributed by atoms with Gasteiger partial charge in [-0.2, -0.15) is 0 Å². The van der Waals surface area contributed by atoms with Gasteiger partial charge in [-0.3, -0.25) is 4.79 Å². The molecule has 0 saturated carbocycles. The number of carbonyl (C=O) groups is 2. The lowest BCUT2D eigenvalue weighted by atomic mass is 10.1. The first kappa shape index (κ1) is 20.8. The van der Waals surface area contributed by atoms with Gasteiger partial charge in [-0.25, -0.2) is 14.8 Å². The van der Waals surface area contributed by atoms with E-state index >= 15 is 0 Å². The van der Waals surface area contributed by atoms with Gasteiger partial charge in [0.1, 0.15) is 17.1 Å². The monoisotopic (exact) mass is 407 g/mol. The Morgan fingerprint density at radius 2 is 1.97 bits per heavy atom. The number of carboxylic acids is 1. The normalized spacial score (nSPS) is 10.5. The quantitative estimate of drug-likeness (QED) is 0.400. The minimum absolute atomic E-state index is 0.0938. The van der Waals surface area contributed by atoms with Crippen LogP contribution in [0.15, 0.2) is 48.7 Å². The van der Waals surface area contributed by atoms with Crippen LogP contribution in [0.2, 0.25) is 0 Å². The topological polar surface area (TPSA) is 122 Å². The van der Waals surface area contributed by atoms with Crippen molar-refractivity contribution in [3.05, 3.63) is 65.4 Å². The van der Waals surface area contributed by atoms with Gasteiger partial charge in [-0.05, 0) is 37.6 Å². The molecule has 0 aliphatic heterocycles. The highest BCUT2D eigenvalue weighted by Gasteiger charge is 2.18. The Morgan fingerprint density at radius 3 is 2.67 bits per heavy atom. The number of aromatic hydroxyl groups is 1. The van der Waals surface area contributed by atoms with Gasteiger partial charge in [0.15, 0.2) is 5.82 Å². The second-order valence-corrected chi connectivity index (χ2v) is 6.59. The van der Waals surface area contributed by atoms with Gasteiger partial charge in [0.05, 0.1) is 18.7 Å². The molecular formula is C22H21N3O5. The summed E-state index contributed by atoms with van der Waals surface area (Å²) in [6.45, 7) is 3.81. The zero-order valence-corrected chi connectivity index (χ0v) is 16.5. The lowest BCUT2D eigenvalue weighted by Gasteiger charge is -2.14. The molecular weight excluding hydrogens is 386 g/mol. The predicted molar refractivity (Wildman–Crippen MR) is 111 cm³/mol. The second-order valence-electron chi connectivity index (χ2n) is 6.59. The average molecular weight is 407 g/mol. The molecule has 0 unspecified atom stereocenters. The third kappa shape index (κ3) is 4.91. The summed E-state index contributed by atoms with van der Waals surface area (Å²) in [4.78, 5) is 32.1. The molecule has 0 atom stereocenters. The number of hydrogen-bond donors (Lipinski definition) is 3. The summed E-state index contributed by atoms with van der Waals surface area (Å²) < 4.78 is 5.08. The van der Waals surface area contributed by atoms with Crippen LogP contribution in [0.25, 0.3) is 11.4 Å². The van der Waals surface area contributed by atoms with E-state index < -0.39 is 11.9 Å². The number of nitrogens with zero attached hydrogens (tertiary/aromatic N) is 2. The van der Waals surface area contributed by atoms with Crippen molar-refractivity contribution in [1.82, 2.24) is 9.97 Å². The number of anilines is 2. The Kier molecular flexibility index (Phi) is 6.26. The summed E-state index contributed by atoms with van der Waals surface area (Å²) in [6.07, 6.45) is 1.15. The number of aromatic nitrogens is 2. The number of aryl methyl sites for hydroxylation is 1. The van der Waals surface area contributed by atoms with Gasteiger partial charge in [0.2, 0.25) is 0 Å². The maximum atomic E-state index is 12.4. The molecule has 1 heterocycles. The molecule has 8 nitrogen and oxygen atoms in total. The molecule has 0 aliphatic carbocycles. The van der Waals surface area contributed by atoms with Gasteiger partial charge < -0.3 is 20.3 Å². The lowest BCUT2D eigenvalue weighted by Crippen LogP contribution is -2.11. The fraction of sp³-hybridized carbons (Fsp3) is 0.182. The molecule has 0 radical (unpaired) electrons. The van der Waals surface area contributed by atoms with Crippen molar-refractivity contribution in [3.8, 4) is 17.1 Å². The Labute approximate surface area is 173 Å². The number of benzene rings is 2. The molecule has 3 N–H and O–H groups in total. The van der Waals surface area contributed by atoms with Crippen LogP contribution in [0.4, 0.5) is 11.5 Å². The van der Waals surface area contributed by atoms with Crippen LogP contribution < -0.4 is 5.32 Å². The van der Waals surface area contributed by atoms with Crippen LogP contribution in [0.3, 0.4) is 0 Å². The fourth-order valence-electron chi connectivity index (χ4n) is 2.85. The highest BCUT2D eigenvalue weighted by atomic mass is 16.5. The van der Waals surface area contributed by atoms with Crippen LogP contribution in [-0.2, 0) is 16.0 Å². The van der Waals surface area contributed by atoms with E-state index in [4.69, 9.17) is 9.84 Å². The molecule has 0 bridgehead atoms. The maximum absolute atomic E-state index is 12.4. The highest BCUT2D eigenvalue weighted by molar-refractivity contribution is 5.95. The Morgan fingerprint density at radius 1 is 1.17 bits per heavy atom. The third-order valence-electron chi connectivity index (χ3n) is 4.23. The largest absolute Gasteiger partial charge is 0.506 e. The minimum Gasteiger partial charge on any atom is -0.506 e. The van der Waals surface area contributed by atoms with Crippen LogP contribution in [0.1, 0.15) is 28.4 Å². The van der Waals surface area contributed by atoms with E-state index in [1.54, 1.807) is 6.92 Å². The molecule has 0 aliphatic rings. The number of aliphatic carboxylic acids is 1. The molecule has 0 spiro atoms. The van der Waals surface area contributed by atoms with Crippen LogP contribution in [-0.4, -0.2) is 38.7 Å². The van der Waals surface area contributed by atoms with Gasteiger partial charge in [0.25, 0.3) is 0 Å². The van der Waals surface area contributed by atoms with Crippen LogP contribution >= 0.6 is 0 Å². The van der Waals surface area contributed by atoms with Crippen molar-refractivity contribution in [1.29, 1.82) is 0 Å². The number of phenols is 1. The Balaban J connectivity index is 2.05. The first-order valence-corrected chi connectivity index (χ1v) is 9.29. The summed E-state index contributed by atoms with van der Waals surface area (Å²) in [6, 6.07) is 12.0. The number of carboxylic acid groups (broad SMARTS) is 1. The van der Waals surface area contributed by atoms with E-state index in [2.05, 4.69) is 15.3 Å². The van der Waals surface area contributed by atoms with Crippen molar-refractivity contribution in [3.63, 3.8) is 0 Å². The van der Waals surface area contributed by atoms with E-state index in [0.717, 1.165) is 11.1 Å². The Bertz CT molecular complexity index is 1100. The first-order valence-electron chi connectivity index (χ1n) is 9.29. The van der Waals surface area contributed by atoms with Crippen LogP contribution in [0.5, 0.6) is 5.75 Å². The number of ether oxygens (including phenoxy) is 1. The van der Waals surface area contributed by atoms with E-state index in [1.807, 2.05) is 31.2 Å². The Hall–Kier alpha value is -3.94. The zero-order valence-electron chi connectivity index (χ0n) is 16.5. The van der Waals surface area contributed by atoms with Crippen molar-refractivity contribution in [2.75, 3.05) is 11.9 Å². The van der Waals surface area contributed by atoms with Gasteiger partial charge in [0, 0.05) is 11.8 Å². The predicted octanol–water partition coefficient (Wildman–Crippen LogP) is 3.71. The molecule has 1 aromatic heterocycles. The maximum Gasteiger partial charge on any atom is 0.343 e. The van der Waals surface area contributed by atoms with E-state index in [0.29, 0.717) is 11.4 Å². The minimum atomic E-state index is -0.998. The zero-order chi connectivity index (χ0) is 21.7. The van der Waals surface area contributed by atoms with E-state index in [-0.39, 0.29) is 35.8 Å². The number of hydrogen-bond acceptors (Lipinski definition) is 7. The molecule has 8 heteroatoms. The molecule has 0 fully saturated rings. The molecule has 2 aromatic carbocycles. The third-order valence-corrected chi connectivity index (χ3v) is 4.23. The van der Waals surface area contributed by atoms with Gasteiger partial charge in [-0.15, -0.1) is 0 Å². The summed E-state index contributed by atoms with van der Waals surface area (Å²) in [5.74, 6) is -1.20. The number of phenolic OH excluding ortho intramolecular Hbond substituents is 1. The molecule has 3 aromatic rings. The summed E-state index contributed by atoms with van der Waals surface area (Å²) in [5.41, 5.74) is 2.58. The van der Waals surface area contributed by atoms with Crippen molar-refractivity contribution in [2.45, 2.75) is 20.3 Å². The average Bonchev–Trinajstić information content (AvgIpc) is 2.70. The smallest absolute Gasteiger partial charge is 0.343 e. The molecule has 3 rings (SSSR count). The van der Waals surface area contributed by atoms with Crippen molar-refractivity contribution in [2.24, 2.45) is 0 Å². The molecule has 30 heavy (non-hydrogen) atoms. The fourth-order valence-corrected chi connectivity index (χ4v) is 2.85. The standard InChI is InChI=1S/C22H21N3O5/c1-3-30-22(29)16-12-23-20(15-6-4-5-13(2)9-15)25-21(16)24-17-10-14(11-19(27)28)7-8-18(17)26/h4-10,12,26H,3,11H2,1-2H3,(H,27,28)(H,23,24,25). The number of esters is 1. The van der Waals surface area contributed by atoms with E-state index in [1.165, 1.54) is 24.4 Å². The molecule has 0 amide bonds. The van der Waals surface area contributed by atoms with Crippen molar-refractivity contribution >= 4 is 23.4 Å². The SMILES string of the molecule is CCOC(=O)c1cnc(-c2cccc(C)c2)nc1Nc1cc(CC(=O)O)ccc1O. The lowest BCUT2D eigenvalue weighted by molar-refractivity contribution is -0.136. The number of carbonyl (C=O) groups excluding carboxylic acids is 1. The number of nitrogens with one attached hydrogen (secondary N) is 1. The van der Waals surface area contributed by atoms with Crippen LogP contribution in [0, 0.1) is 6.92 Å². The summed E-state index contributed by atoms with van der Waals surface area (Å²) >= 11 is 0. The molecule has 154 valence electrons. The number of rotatable bonds is 7. The van der Waals surface area contributed by atoms with E-state index in [9.17, 15) is 14.7 Å². The van der Waals surface area contributed by atoms with Gasteiger partial charge in [-0.1, -0.05) is 29.8 Å². The molecule has 0 saturated heterocycles. The highest BCUT2D eigenvalue weighted by Crippen LogP contribution is 2.30. The van der Waals surface area contributed by atoms with Crippen molar-refractivity contribution < 1.29 is 24.5 Å². The van der Waals surface area contributed by atoms with Gasteiger partial charge >= 0.3 is 11.9 Å². The summed E-state index contributed by atoms with van der Waals surface area (Å²) in [5, 5.41) is 22.2. The first-order chi connectivity index (χ1) is 14.4. The second kappa shape index (κ2) is 9.04. The summed E-state index contributed by atoms with van der Waals surface area (Å²) in [7, 11) is 0.